The van der Waals surface area contributed by atoms with Crippen LogP contribution in [0.25, 0.3) is 0 Å². The zero-order valence-electron chi connectivity index (χ0n) is 14.3. The molecular formula is C19H19FN4O2. The van der Waals surface area contributed by atoms with Crippen LogP contribution in [0, 0.1) is 24.1 Å². The molecule has 0 aliphatic rings. The van der Waals surface area contributed by atoms with Gasteiger partial charge in [0.15, 0.2) is 0 Å². The summed E-state index contributed by atoms with van der Waals surface area (Å²) in [5.41, 5.74) is 1.81. The molecule has 0 aromatic heterocycles. The number of benzene rings is 2. The van der Waals surface area contributed by atoms with Crippen molar-refractivity contribution in [2.24, 2.45) is 0 Å². The highest BCUT2D eigenvalue weighted by Gasteiger charge is 2.08. The number of amides is 2. The Labute approximate surface area is 151 Å². The maximum atomic E-state index is 13.4. The van der Waals surface area contributed by atoms with Crippen molar-refractivity contribution in [1.29, 1.82) is 5.26 Å². The van der Waals surface area contributed by atoms with E-state index >= 15 is 0 Å². The Morgan fingerprint density at radius 3 is 2.65 bits per heavy atom. The smallest absolute Gasteiger partial charge is 0.238 e. The fourth-order valence-corrected chi connectivity index (χ4v) is 2.23. The van der Waals surface area contributed by atoms with E-state index in [1.807, 2.05) is 6.07 Å². The van der Waals surface area contributed by atoms with E-state index in [9.17, 15) is 14.0 Å². The second-order valence-corrected chi connectivity index (χ2v) is 5.63. The van der Waals surface area contributed by atoms with Crippen LogP contribution in [0.5, 0.6) is 0 Å². The number of halogens is 1. The average Bonchev–Trinajstić information content (AvgIpc) is 2.63. The molecular weight excluding hydrogens is 335 g/mol. The Morgan fingerprint density at radius 2 is 1.88 bits per heavy atom. The SMILES string of the molecule is Cc1c(F)cccc1NC(=O)CCNCC(=O)Nc1cccc(C#N)c1. The van der Waals surface area contributed by atoms with Crippen molar-refractivity contribution in [3.8, 4) is 6.07 Å². The van der Waals surface area contributed by atoms with Crippen molar-refractivity contribution in [1.82, 2.24) is 5.32 Å². The van der Waals surface area contributed by atoms with E-state index in [1.165, 1.54) is 12.1 Å². The number of carbonyl (C=O) groups excluding carboxylic acids is 2. The van der Waals surface area contributed by atoms with Crippen LogP contribution >= 0.6 is 0 Å². The number of carbonyl (C=O) groups is 2. The zero-order chi connectivity index (χ0) is 18.9. The Bertz CT molecular complexity index is 846. The minimum Gasteiger partial charge on any atom is -0.326 e. The maximum absolute atomic E-state index is 13.4. The summed E-state index contributed by atoms with van der Waals surface area (Å²) in [4.78, 5) is 23.7. The Kier molecular flexibility index (Phi) is 6.83. The molecule has 2 aromatic carbocycles. The molecule has 6 nitrogen and oxygen atoms in total. The molecule has 0 atom stereocenters. The van der Waals surface area contributed by atoms with Crippen LogP contribution in [0.2, 0.25) is 0 Å². The summed E-state index contributed by atoms with van der Waals surface area (Å²) < 4.78 is 13.4. The van der Waals surface area contributed by atoms with E-state index in [4.69, 9.17) is 5.26 Å². The number of hydrogen-bond donors (Lipinski definition) is 3. The molecule has 0 spiro atoms. The van der Waals surface area contributed by atoms with Gasteiger partial charge >= 0.3 is 0 Å². The number of nitrogens with zero attached hydrogens (tertiary/aromatic N) is 1. The van der Waals surface area contributed by atoms with Crippen molar-refractivity contribution in [3.05, 3.63) is 59.4 Å². The van der Waals surface area contributed by atoms with Gasteiger partial charge in [0, 0.05) is 29.9 Å². The normalized spacial score (nSPS) is 10.0. The predicted molar refractivity (Wildman–Crippen MR) is 97.0 cm³/mol. The van der Waals surface area contributed by atoms with Gasteiger partial charge in [-0.3, -0.25) is 9.59 Å². The lowest BCUT2D eigenvalue weighted by molar-refractivity contribution is -0.117. The number of nitrogens with one attached hydrogen (secondary N) is 3. The van der Waals surface area contributed by atoms with Gasteiger partial charge in [0.2, 0.25) is 11.8 Å². The summed E-state index contributed by atoms with van der Waals surface area (Å²) >= 11 is 0. The maximum Gasteiger partial charge on any atom is 0.238 e. The van der Waals surface area contributed by atoms with Crippen LogP contribution in [-0.2, 0) is 9.59 Å². The number of rotatable bonds is 7. The van der Waals surface area contributed by atoms with Gasteiger partial charge in [0.05, 0.1) is 18.2 Å². The Balaban J connectivity index is 1.71. The van der Waals surface area contributed by atoms with E-state index in [1.54, 1.807) is 37.3 Å². The fourth-order valence-electron chi connectivity index (χ4n) is 2.23. The molecule has 134 valence electrons. The van der Waals surface area contributed by atoms with Crippen LogP contribution in [0.15, 0.2) is 42.5 Å². The highest BCUT2D eigenvalue weighted by atomic mass is 19.1. The van der Waals surface area contributed by atoms with Gasteiger partial charge in [-0.2, -0.15) is 5.26 Å². The van der Waals surface area contributed by atoms with E-state index in [-0.39, 0.29) is 30.6 Å². The van der Waals surface area contributed by atoms with Crippen molar-refractivity contribution < 1.29 is 14.0 Å². The van der Waals surface area contributed by atoms with Crippen LogP contribution in [0.3, 0.4) is 0 Å². The molecule has 0 unspecified atom stereocenters. The third-order valence-electron chi connectivity index (χ3n) is 3.63. The molecule has 0 bridgehead atoms. The molecule has 3 N–H and O–H groups in total. The van der Waals surface area contributed by atoms with Gasteiger partial charge in [-0.1, -0.05) is 12.1 Å². The Hall–Kier alpha value is -3.24. The molecule has 0 heterocycles. The summed E-state index contributed by atoms with van der Waals surface area (Å²) in [7, 11) is 0. The van der Waals surface area contributed by atoms with Crippen molar-refractivity contribution in [2.45, 2.75) is 13.3 Å². The topological polar surface area (TPSA) is 94.0 Å². The molecule has 0 fully saturated rings. The second-order valence-electron chi connectivity index (χ2n) is 5.63. The van der Waals surface area contributed by atoms with E-state index < -0.39 is 0 Å². The van der Waals surface area contributed by atoms with Crippen LogP contribution < -0.4 is 16.0 Å². The zero-order valence-corrected chi connectivity index (χ0v) is 14.3. The molecule has 0 saturated heterocycles. The highest BCUT2D eigenvalue weighted by molar-refractivity contribution is 5.93. The van der Waals surface area contributed by atoms with Gasteiger partial charge < -0.3 is 16.0 Å². The van der Waals surface area contributed by atoms with Gasteiger partial charge in [-0.25, -0.2) is 4.39 Å². The van der Waals surface area contributed by atoms with Gasteiger partial charge in [-0.15, -0.1) is 0 Å². The molecule has 0 aliphatic carbocycles. The van der Waals surface area contributed by atoms with Gasteiger partial charge in [-0.05, 0) is 37.3 Å². The molecule has 0 aliphatic heterocycles. The standard InChI is InChI=1S/C19H19FN4O2/c1-13-16(20)6-3-7-17(13)24-18(25)8-9-22-12-19(26)23-15-5-2-4-14(10-15)11-21/h2-7,10,22H,8-9,12H2,1H3,(H,23,26)(H,24,25). The fraction of sp³-hybridized carbons (Fsp3) is 0.211. The lowest BCUT2D eigenvalue weighted by Gasteiger charge is -2.09. The van der Waals surface area contributed by atoms with E-state index in [0.717, 1.165) is 0 Å². The first-order chi connectivity index (χ1) is 12.5. The predicted octanol–water partition coefficient (Wildman–Crippen LogP) is 2.56. The van der Waals surface area contributed by atoms with Gasteiger partial charge in [0.1, 0.15) is 5.82 Å². The molecule has 0 radical (unpaired) electrons. The summed E-state index contributed by atoms with van der Waals surface area (Å²) in [5, 5.41) is 17.0. The van der Waals surface area contributed by atoms with E-state index in [0.29, 0.717) is 29.0 Å². The number of hydrogen-bond acceptors (Lipinski definition) is 4. The van der Waals surface area contributed by atoms with Crippen molar-refractivity contribution in [2.75, 3.05) is 23.7 Å². The highest BCUT2D eigenvalue weighted by Crippen LogP contribution is 2.17. The monoisotopic (exact) mass is 354 g/mol. The van der Waals surface area contributed by atoms with Gasteiger partial charge in [0.25, 0.3) is 0 Å². The summed E-state index contributed by atoms with van der Waals surface area (Å²) in [5.74, 6) is -0.923. The number of anilines is 2. The summed E-state index contributed by atoms with van der Waals surface area (Å²) in [6.45, 7) is 1.92. The molecule has 2 aromatic rings. The van der Waals surface area contributed by atoms with Crippen molar-refractivity contribution in [3.63, 3.8) is 0 Å². The third-order valence-corrected chi connectivity index (χ3v) is 3.63. The minimum atomic E-state index is -0.377. The summed E-state index contributed by atoms with van der Waals surface area (Å²) in [6, 6.07) is 13.1. The molecule has 0 saturated carbocycles. The largest absolute Gasteiger partial charge is 0.326 e. The lowest BCUT2D eigenvalue weighted by atomic mass is 10.2. The molecule has 2 amide bonds. The lowest BCUT2D eigenvalue weighted by Crippen LogP contribution is -2.30. The molecule has 26 heavy (non-hydrogen) atoms. The second kappa shape index (κ2) is 9.30. The average molecular weight is 354 g/mol. The first kappa shape index (κ1) is 19.1. The quantitative estimate of drug-likeness (QED) is 0.666. The molecule has 2 rings (SSSR count). The Morgan fingerprint density at radius 1 is 1.12 bits per heavy atom. The summed E-state index contributed by atoms with van der Waals surface area (Å²) in [6.07, 6.45) is 0.146. The number of nitriles is 1. The van der Waals surface area contributed by atoms with Crippen LogP contribution in [0.4, 0.5) is 15.8 Å². The van der Waals surface area contributed by atoms with Crippen LogP contribution in [-0.4, -0.2) is 24.9 Å². The minimum absolute atomic E-state index is 0.0308. The van der Waals surface area contributed by atoms with E-state index in [2.05, 4.69) is 16.0 Å². The molecule has 7 heteroatoms. The first-order valence-corrected chi connectivity index (χ1v) is 8.05. The van der Waals surface area contributed by atoms with Crippen molar-refractivity contribution >= 4 is 23.2 Å². The van der Waals surface area contributed by atoms with Crippen LogP contribution in [0.1, 0.15) is 17.5 Å². The first-order valence-electron chi connectivity index (χ1n) is 8.05. The third kappa shape index (κ3) is 5.69.